The van der Waals surface area contributed by atoms with Crippen molar-refractivity contribution in [2.45, 2.75) is 39.8 Å². The quantitative estimate of drug-likeness (QED) is 0.326. The summed E-state index contributed by atoms with van der Waals surface area (Å²) in [5, 5.41) is 11.0. The van der Waals surface area contributed by atoms with E-state index in [-0.39, 0.29) is 29.9 Å². The van der Waals surface area contributed by atoms with Gasteiger partial charge in [-0.3, -0.25) is 9.48 Å². The topological polar surface area (TPSA) is 74.6 Å². The van der Waals surface area contributed by atoms with Crippen molar-refractivity contribution in [2.75, 3.05) is 24.5 Å². The normalized spacial score (nSPS) is 15.2. The Morgan fingerprint density at radius 3 is 2.69 bits per heavy atom. The van der Waals surface area contributed by atoms with Crippen LogP contribution in [0.2, 0.25) is 0 Å². The van der Waals surface area contributed by atoms with Crippen molar-refractivity contribution in [3.63, 3.8) is 0 Å². The summed E-state index contributed by atoms with van der Waals surface area (Å²) in [4.78, 5) is 18.4. The molecule has 158 valence electrons. The van der Waals surface area contributed by atoms with Crippen molar-refractivity contribution < 1.29 is 4.79 Å². The Bertz CT molecular complexity index is 775. The summed E-state index contributed by atoms with van der Waals surface area (Å²) >= 11 is 0. The lowest BCUT2D eigenvalue weighted by Gasteiger charge is -2.17. The zero-order chi connectivity index (χ0) is 19.8. The van der Waals surface area contributed by atoms with E-state index >= 15 is 0 Å². The molecule has 1 atom stereocenters. The number of halogens is 1. The lowest BCUT2D eigenvalue weighted by atomic mass is 10.2. The van der Waals surface area contributed by atoms with Crippen molar-refractivity contribution in [2.24, 2.45) is 10.9 Å². The third-order valence-corrected chi connectivity index (χ3v) is 4.76. The fourth-order valence-corrected chi connectivity index (χ4v) is 3.28. The van der Waals surface area contributed by atoms with Crippen LogP contribution < -0.4 is 15.5 Å². The molecule has 29 heavy (non-hydrogen) atoms. The van der Waals surface area contributed by atoms with Gasteiger partial charge >= 0.3 is 0 Å². The number of guanidine groups is 1. The van der Waals surface area contributed by atoms with Crippen LogP contribution in [-0.2, 0) is 17.9 Å². The van der Waals surface area contributed by atoms with Crippen molar-refractivity contribution in [1.82, 2.24) is 20.4 Å². The molecule has 8 heteroatoms. The van der Waals surface area contributed by atoms with E-state index < -0.39 is 0 Å². The molecule has 7 nitrogen and oxygen atoms in total. The third-order valence-electron chi connectivity index (χ3n) is 4.76. The molecule has 0 aliphatic carbocycles. The monoisotopic (exact) mass is 510 g/mol. The average Bonchev–Trinajstić information content (AvgIpc) is 3.36. The molecule has 1 unspecified atom stereocenters. The second kappa shape index (κ2) is 11.8. The number of carbonyl (C=O) groups excluding carboxylic acids is 1. The molecule has 1 aromatic heterocycles. The molecule has 2 N–H and O–H groups in total. The van der Waals surface area contributed by atoms with Gasteiger partial charge in [-0.2, -0.15) is 5.10 Å². The Hall–Kier alpha value is -2.10. The molecular weight excluding hydrogens is 479 g/mol. The number of amides is 1. The highest BCUT2D eigenvalue weighted by atomic mass is 127. The minimum atomic E-state index is 0. The molecule has 3 rings (SSSR count). The van der Waals surface area contributed by atoms with E-state index in [0.29, 0.717) is 18.9 Å². The molecule has 0 spiro atoms. The fourth-order valence-electron chi connectivity index (χ4n) is 3.28. The van der Waals surface area contributed by atoms with Crippen LogP contribution in [0.25, 0.3) is 0 Å². The lowest BCUT2D eigenvalue weighted by Crippen LogP contribution is -2.40. The molecule has 0 saturated carbocycles. The number of anilines is 1. The predicted molar refractivity (Wildman–Crippen MR) is 128 cm³/mol. The largest absolute Gasteiger partial charge is 0.357 e. The predicted octanol–water partition coefficient (Wildman–Crippen LogP) is 3.02. The van der Waals surface area contributed by atoms with Crippen LogP contribution in [0, 0.1) is 5.92 Å². The van der Waals surface area contributed by atoms with Gasteiger partial charge in [0.2, 0.25) is 5.91 Å². The van der Waals surface area contributed by atoms with Gasteiger partial charge in [-0.25, -0.2) is 4.99 Å². The highest BCUT2D eigenvalue weighted by molar-refractivity contribution is 14.0. The first-order chi connectivity index (χ1) is 13.7. The summed E-state index contributed by atoms with van der Waals surface area (Å²) in [6.45, 7) is 8.18. The van der Waals surface area contributed by atoms with Gasteiger partial charge in [-0.1, -0.05) is 19.1 Å². The number of benzene rings is 1. The number of hydrogen-bond donors (Lipinski definition) is 2. The van der Waals surface area contributed by atoms with Gasteiger partial charge in [-0.15, -0.1) is 24.0 Å². The fraction of sp³-hybridized carbons (Fsp3) is 0.476. The van der Waals surface area contributed by atoms with Crippen molar-refractivity contribution in [3.8, 4) is 0 Å². The molecule has 0 radical (unpaired) electrons. The standard InChI is InChI=1S/C21H30N6O.HI/c1-3-22-21(23-14-17(2)16-26-12-5-11-25-26)24-15-18-7-9-19(10-8-18)27-13-4-6-20(27)28;/h5,7-12,17H,3-4,6,13-16H2,1-2H3,(H2,22,23,24);1H. The lowest BCUT2D eigenvalue weighted by molar-refractivity contribution is -0.117. The third kappa shape index (κ3) is 7.02. The van der Waals surface area contributed by atoms with Crippen LogP contribution in [0.15, 0.2) is 47.7 Å². The maximum atomic E-state index is 11.9. The maximum absolute atomic E-state index is 11.9. The summed E-state index contributed by atoms with van der Waals surface area (Å²) in [5.74, 6) is 1.46. The van der Waals surface area contributed by atoms with Crippen LogP contribution in [0.1, 0.15) is 32.3 Å². The number of carbonyl (C=O) groups is 1. The molecule has 2 aromatic rings. The van der Waals surface area contributed by atoms with Crippen LogP contribution in [0.5, 0.6) is 0 Å². The van der Waals surface area contributed by atoms with Gasteiger partial charge in [0.15, 0.2) is 5.96 Å². The van der Waals surface area contributed by atoms with Crippen molar-refractivity contribution >= 4 is 41.5 Å². The Morgan fingerprint density at radius 1 is 1.28 bits per heavy atom. The van der Waals surface area contributed by atoms with Gasteiger partial charge in [0.25, 0.3) is 0 Å². The zero-order valence-electron chi connectivity index (χ0n) is 17.2. The van der Waals surface area contributed by atoms with E-state index in [9.17, 15) is 4.79 Å². The smallest absolute Gasteiger partial charge is 0.227 e. The van der Waals surface area contributed by atoms with E-state index in [4.69, 9.17) is 0 Å². The number of hydrogen-bond acceptors (Lipinski definition) is 3. The maximum Gasteiger partial charge on any atom is 0.227 e. The molecule has 1 fully saturated rings. The minimum absolute atomic E-state index is 0. The Labute approximate surface area is 190 Å². The number of rotatable bonds is 8. The van der Waals surface area contributed by atoms with Crippen LogP contribution >= 0.6 is 24.0 Å². The first kappa shape index (κ1) is 23.2. The molecule has 1 aromatic carbocycles. The number of aromatic nitrogens is 2. The molecule has 1 saturated heterocycles. The number of nitrogens with one attached hydrogen (secondary N) is 2. The van der Waals surface area contributed by atoms with Crippen LogP contribution in [0.3, 0.4) is 0 Å². The van der Waals surface area contributed by atoms with Crippen LogP contribution in [0.4, 0.5) is 5.69 Å². The highest BCUT2D eigenvalue weighted by Gasteiger charge is 2.21. The summed E-state index contributed by atoms with van der Waals surface area (Å²) in [6.07, 6.45) is 5.38. The Balaban J connectivity index is 0.00000300. The highest BCUT2D eigenvalue weighted by Crippen LogP contribution is 2.21. The zero-order valence-corrected chi connectivity index (χ0v) is 19.5. The van der Waals surface area contributed by atoms with Gasteiger partial charge < -0.3 is 15.5 Å². The Morgan fingerprint density at radius 2 is 2.07 bits per heavy atom. The van der Waals surface area contributed by atoms with Crippen molar-refractivity contribution in [3.05, 3.63) is 48.3 Å². The summed E-state index contributed by atoms with van der Waals surface area (Å²) in [6, 6.07) is 10.1. The first-order valence-electron chi connectivity index (χ1n) is 10.0. The second-order valence-electron chi connectivity index (χ2n) is 7.22. The minimum Gasteiger partial charge on any atom is -0.357 e. The number of aliphatic imine (C=N–C) groups is 1. The Kier molecular flexibility index (Phi) is 9.43. The first-order valence-corrected chi connectivity index (χ1v) is 10.0. The molecule has 1 amide bonds. The SMILES string of the molecule is CCNC(=NCc1ccc(N2CCCC2=O)cc1)NCC(C)Cn1cccn1.I. The molecule has 0 bridgehead atoms. The summed E-state index contributed by atoms with van der Waals surface area (Å²) < 4.78 is 1.95. The van der Waals surface area contributed by atoms with Gasteiger partial charge in [0, 0.05) is 50.7 Å². The van der Waals surface area contributed by atoms with Crippen molar-refractivity contribution in [1.29, 1.82) is 0 Å². The van der Waals surface area contributed by atoms with Gasteiger partial charge in [-0.05, 0) is 43.0 Å². The van der Waals surface area contributed by atoms with Gasteiger partial charge in [0.1, 0.15) is 0 Å². The summed E-state index contributed by atoms with van der Waals surface area (Å²) in [5.41, 5.74) is 2.10. The number of nitrogens with zero attached hydrogens (tertiary/aromatic N) is 4. The van der Waals surface area contributed by atoms with E-state index in [1.807, 2.05) is 46.1 Å². The second-order valence-corrected chi connectivity index (χ2v) is 7.22. The molecule has 1 aliphatic rings. The van der Waals surface area contributed by atoms with E-state index in [1.165, 1.54) is 0 Å². The van der Waals surface area contributed by atoms with Crippen LogP contribution in [-0.4, -0.2) is 41.3 Å². The molecule has 2 heterocycles. The van der Waals surface area contributed by atoms with E-state index in [2.05, 4.69) is 34.6 Å². The molecular formula is C21H31IN6O. The van der Waals surface area contributed by atoms with Gasteiger partial charge in [0.05, 0.1) is 6.54 Å². The van der Waals surface area contributed by atoms with E-state index in [0.717, 1.165) is 49.8 Å². The molecule has 1 aliphatic heterocycles. The summed E-state index contributed by atoms with van der Waals surface area (Å²) in [7, 11) is 0. The van der Waals surface area contributed by atoms with E-state index in [1.54, 1.807) is 6.20 Å². The average molecular weight is 510 g/mol.